The molecular formula is C31H39ClF6N6O2. The molecule has 1 aromatic heterocycles. The summed E-state index contributed by atoms with van der Waals surface area (Å²) in [6, 6.07) is 5.62. The van der Waals surface area contributed by atoms with E-state index in [1.165, 1.54) is 23.7 Å². The average Bonchev–Trinajstić information content (AvgIpc) is 3.39. The van der Waals surface area contributed by atoms with Gasteiger partial charge in [-0.05, 0) is 104 Å². The average molecular weight is 677 g/mol. The molecule has 1 aliphatic rings. The first-order valence-corrected chi connectivity index (χ1v) is 14.8. The maximum absolute atomic E-state index is 13.6. The Labute approximate surface area is 270 Å². The van der Waals surface area contributed by atoms with Crippen molar-refractivity contribution in [3.05, 3.63) is 63.7 Å². The normalized spacial score (nSPS) is 16.9. The fraction of sp³-hybridized carbons (Fsp3) is 0.548. The van der Waals surface area contributed by atoms with Crippen molar-refractivity contribution < 1.29 is 35.9 Å². The first-order chi connectivity index (χ1) is 21.0. The molecule has 1 saturated carbocycles. The van der Waals surface area contributed by atoms with Crippen LogP contribution in [0.1, 0.15) is 72.9 Å². The number of ether oxygens (including phenoxy) is 1. The van der Waals surface area contributed by atoms with Crippen molar-refractivity contribution >= 4 is 30.0 Å². The van der Waals surface area contributed by atoms with Crippen molar-refractivity contribution in [2.24, 2.45) is 13.0 Å². The van der Waals surface area contributed by atoms with Crippen molar-refractivity contribution in [1.82, 2.24) is 20.2 Å². The predicted octanol–water partition coefficient (Wildman–Crippen LogP) is 7.44. The lowest BCUT2D eigenvalue weighted by atomic mass is 9.86. The number of hydrogen-bond donors (Lipinski definition) is 0. The molecule has 0 saturated heterocycles. The second-order valence-electron chi connectivity index (χ2n) is 11.7. The molecule has 2 aromatic carbocycles. The number of tetrazole rings is 1. The van der Waals surface area contributed by atoms with Gasteiger partial charge in [0.1, 0.15) is 6.10 Å². The Morgan fingerprint density at radius 3 is 2.00 bits per heavy atom. The molecule has 1 aliphatic carbocycles. The molecule has 0 spiro atoms. The molecule has 1 fully saturated rings. The zero-order chi connectivity index (χ0) is 33.1. The lowest BCUT2D eigenvalue weighted by Gasteiger charge is -2.35. The lowest BCUT2D eigenvalue weighted by molar-refractivity contribution is -0.148. The Morgan fingerprint density at radius 1 is 0.913 bits per heavy atom. The van der Waals surface area contributed by atoms with Crippen LogP contribution in [0.15, 0.2) is 30.3 Å². The highest BCUT2D eigenvalue weighted by atomic mass is 35.5. The Hall–Kier alpha value is -3.55. The van der Waals surface area contributed by atoms with Crippen molar-refractivity contribution in [2.45, 2.75) is 84.9 Å². The van der Waals surface area contributed by atoms with Crippen molar-refractivity contribution in [1.29, 1.82) is 0 Å². The molecule has 3 aromatic rings. The van der Waals surface area contributed by atoms with Gasteiger partial charge in [-0.2, -0.15) is 31.1 Å². The van der Waals surface area contributed by atoms with E-state index in [9.17, 15) is 31.1 Å². The smallest absolute Gasteiger partial charge is 0.416 e. The predicted molar refractivity (Wildman–Crippen MR) is 164 cm³/mol. The molecule has 0 unspecified atom stereocenters. The molecule has 8 nitrogen and oxygen atoms in total. The van der Waals surface area contributed by atoms with Gasteiger partial charge in [0.2, 0.25) is 0 Å². The van der Waals surface area contributed by atoms with E-state index in [-0.39, 0.29) is 55.1 Å². The van der Waals surface area contributed by atoms with Gasteiger partial charge in [0, 0.05) is 38.8 Å². The van der Waals surface area contributed by atoms with Crippen LogP contribution in [0.3, 0.4) is 0 Å². The molecule has 0 bridgehead atoms. The van der Waals surface area contributed by atoms with E-state index in [0.29, 0.717) is 12.5 Å². The minimum Gasteiger partial charge on any atom is -0.463 e. The van der Waals surface area contributed by atoms with Crippen LogP contribution in [-0.2, 0) is 42.0 Å². The molecule has 0 aliphatic heterocycles. The number of esters is 1. The van der Waals surface area contributed by atoms with Crippen LogP contribution in [0.2, 0.25) is 0 Å². The topological polar surface area (TPSA) is 76.4 Å². The second kappa shape index (κ2) is 14.9. The Bertz CT molecular complexity index is 1450. The van der Waals surface area contributed by atoms with E-state index in [0.717, 1.165) is 66.7 Å². The third-order valence-corrected chi connectivity index (χ3v) is 8.19. The molecule has 4 rings (SSSR count). The van der Waals surface area contributed by atoms with Gasteiger partial charge >= 0.3 is 18.3 Å². The first-order valence-electron chi connectivity index (χ1n) is 14.8. The highest BCUT2D eigenvalue weighted by molar-refractivity contribution is 5.85. The number of carbonyl (C=O) groups excluding carboxylic acids is 1. The Balaban J connectivity index is 0.00000576. The first kappa shape index (κ1) is 36.9. The number of benzene rings is 2. The summed E-state index contributed by atoms with van der Waals surface area (Å²) in [7, 11) is 1.52. The summed E-state index contributed by atoms with van der Waals surface area (Å²) < 4.78 is 87.2. The highest BCUT2D eigenvalue weighted by Gasteiger charge is 2.37. The summed E-state index contributed by atoms with van der Waals surface area (Å²) in [6.45, 7) is 8.58. The third kappa shape index (κ3) is 9.49. The van der Waals surface area contributed by atoms with Gasteiger partial charge < -0.3 is 14.5 Å². The quantitative estimate of drug-likeness (QED) is 0.163. The zero-order valence-corrected chi connectivity index (χ0v) is 27.2. The summed E-state index contributed by atoms with van der Waals surface area (Å²) in [5.41, 5.74) is 0.811. The minimum absolute atomic E-state index is 0. The van der Waals surface area contributed by atoms with E-state index < -0.39 is 23.5 Å². The Morgan fingerprint density at radius 2 is 1.50 bits per heavy atom. The number of nitrogens with zero attached hydrogens (tertiary/aromatic N) is 6. The number of aromatic nitrogens is 4. The van der Waals surface area contributed by atoms with Gasteiger partial charge in [-0.15, -0.1) is 17.5 Å². The van der Waals surface area contributed by atoms with E-state index >= 15 is 0 Å². The van der Waals surface area contributed by atoms with Crippen molar-refractivity contribution in [3.8, 4) is 0 Å². The molecule has 254 valence electrons. The SMILES string of the molecule is CCN(CC1CCC(OC(C)=O)CC1)c1cc(C)c(C)cc1CN(Cc1cc(C(F)(F)F)cc(C(F)(F)F)c1)c1nnn(C)n1.Cl. The second-order valence-corrected chi connectivity index (χ2v) is 11.7. The largest absolute Gasteiger partial charge is 0.463 e. The lowest BCUT2D eigenvalue weighted by Crippen LogP contribution is -2.34. The maximum atomic E-state index is 13.6. The fourth-order valence-electron chi connectivity index (χ4n) is 5.79. The fourth-order valence-corrected chi connectivity index (χ4v) is 5.79. The van der Waals surface area contributed by atoms with Gasteiger partial charge in [0.05, 0.1) is 18.2 Å². The van der Waals surface area contributed by atoms with Crippen LogP contribution < -0.4 is 9.80 Å². The van der Waals surface area contributed by atoms with Crippen LogP contribution in [-0.4, -0.2) is 45.4 Å². The molecule has 46 heavy (non-hydrogen) atoms. The van der Waals surface area contributed by atoms with Crippen molar-refractivity contribution in [3.63, 3.8) is 0 Å². The summed E-state index contributed by atoms with van der Waals surface area (Å²) in [6.07, 6.45) is -6.66. The standard InChI is InChI=1S/C31H38F6N6O2.ClH/c1-6-42(16-22-7-9-27(10-8-22)45-21(4)44)28-12-20(3)19(2)11-24(28)18-43(29-38-40-41(5)39-29)17-23-13-25(30(32,33)34)15-26(14-23)31(35,36)37;/h11-15,22,27H,6-10,16-18H2,1-5H3;1H. The summed E-state index contributed by atoms with van der Waals surface area (Å²) in [4.78, 5) is 16.3. The zero-order valence-electron chi connectivity index (χ0n) is 26.4. The Kier molecular flexibility index (Phi) is 12.0. The van der Waals surface area contributed by atoms with Crippen LogP contribution in [0.25, 0.3) is 0 Å². The number of halogens is 7. The summed E-state index contributed by atoms with van der Waals surface area (Å²) in [5, 5.41) is 12.1. The number of alkyl halides is 6. The van der Waals surface area contributed by atoms with Gasteiger partial charge in [0.25, 0.3) is 5.95 Å². The minimum atomic E-state index is -4.97. The van der Waals surface area contributed by atoms with E-state index in [4.69, 9.17) is 4.74 Å². The third-order valence-electron chi connectivity index (χ3n) is 8.19. The van der Waals surface area contributed by atoms with E-state index in [2.05, 4.69) is 26.4 Å². The number of aryl methyl sites for hydroxylation is 3. The van der Waals surface area contributed by atoms with Crippen LogP contribution >= 0.6 is 12.4 Å². The van der Waals surface area contributed by atoms with Gasteiger partial charge in [0.15, 0.2) is 0 Å². The van der Waals surface area contributed by atoms with Crippen LogP contribution in [0, 0.1) is 19.8 Å². The number of hydrogen-bond acceptors (Lipinski definition) is 7. The number of rotatable bonds is 10. The number of carbonyl (C=O) groups is 1. The molecule has 0 radical (unpaired) electrons. The molecular weight excluding hydrogens is 638 g/mol. The van der Waals surface area contributed by atoms with Crippen molar-refractivity contribution in [2.75, 3.05) is 22.9 Å². The molecule has 0 N–H and O–H groups in total. The monoisotopic (exact) mass is 676 g/mol. The van der Waals surface area contributed by atoms with Gasteiger partial charge in [-0.1, -0.05) is 11.2 Å². The van der Waals surface area contributed by atoms with E-state index in [1.807, 2.05) is 26.8 Å². The molecule has 1 heterocycles. The van der Waals surface area contributed by atoms with Gasteiger partial charge in [-0.25, -0.2) is 0 Å². The maximum Gasteiger partial charge on any atom is 0.416 e. The number of anilines is 2. The highest BCUT2D eigenvalue weighted by Crippen LogP contribution is 2.37. The van der Waals surface area contributed by atoms with Crippen LogP contribution in [0.4, 0.5) is 38.0 Å². The molecule has 0 amide bonds. The van der Waals surface area contributed by atoms with E-state index in [1.54, 1.807) is 0 Å². The molecule has 0 atom stereocenters. The molecule has 15 heteroatoms. The summed E-state index contributed by atoms with van der Waals surface area (Å²) >= 11 is 0. The van der Waals surface area contributed by atoms with Crippen LogP contribution in [0.5, 0.6) is 0 Å². The summed E-state index contributed by atoms with van der Waals surface area (Å²) in [5.74, 6) is 0.143. The van der Waals surface area contributed by atoms with Gasteiger partial charge in [-0.3, -0.25) is 4.79 Å².